The molecule has 0 N–H and O–H groups in total. The molecular formula is C15H10ClFO3. The molecule has 2 aromatic rings. The SMILES string of the molecule is COc1c(Cl)cc(F)cc1C(=O)C(=O)c1ccccc1. The van der Waals surface area contributed by atoms with E-state index in [1.54, 1.807) is 18.2 Å². The summed E-state index contributed by atoms with van der Waals surface area (Å²) in [7, 11) is 1.29. The highest BCUT2D eigenvalue weighted by atomic mass is 35.5. The van der Waals surface area contributed by atoms with E-state index in [2.05, 4.69) is 0 Å². The number of carbonyl (C=O) groups is 2. The molecule has 0 aliphatic carbocycles. The molecule has 0 radical (unpaired) electrons. The van der Waals surface area contributed by atoms with E-state index in [0.717, 1.165) is 12.1 Å². The lowest BCUT2D eigenvalue weighted by Gasteiger charge is -2.09. The van der Waals surface area contributed by atoms with E-state index in [1.807, 2.05) is 0 Å². The van der Waals surface area contributed by atoms with Gasteiger partial charge in [0.2, 0.25) is 11.6 Å². The van der Waals surface area contributed by atoms with E-state index in [0.29, 0.717) is 0 Å². The van der Waals surface area contributed by atoms with Crippen LogP contribution in [-0.4, -0.2) is 18.7 Å². The number of hydrogen-bond donors (Lipinski definition) is 0. The highest BCUT2D eigenvalue weighted by Gasteiger charge is 2.24. The molecule has 0 unspecified atom stereocenters. The third-order valence-electron chi connectivity index (χ3n) is 2.70. The van der Waals surface area contributed by atoms with E-state index < -0.39 is 17.4 Å². The molecule has 0 saturated carbocycles. The van der Waals surface area contributed by atoms with Crippen molar-refractivity contribution in [2.45, 2.75) is 0 Å². The first-order chi connectivity index (χ1) is 9.54. The summed E-state index contributed by atoms with van der Waals surface area (Å²) in [6.07, 6.45) is 0. The van der Waals surface area contributed by atoms with Gasteiger partial charge < -0.3 is 4.74 Å². The number of Topliss-reactive ketones (excluding diaryl/α,β-unsaturated/α-hetero) is 2. The lowest BCUT2D eigenvalue weighted by molar-refractivity contribution is 0.0815. The van der Waals surface area contributed by atoms with Gasteiger partial charge >= 0.3 is 0 Å². The maximum atomic E-state index is 13.4. The zero-order chi connectivity index (χ0) is 14.7. The third kappa shape index (κ3) is 2.70. The quantitative estimate of drug-likeness (QED) is 0.639. The van der Waals surface area contributed by atoms with Crippen molar-refractivity contribution in [3.8, 4) is 5.75 Å². The summed E-state index contributed by atoms with van der Waals surface area (Å²) in [5, 5.41) is -0.0586. The zero-order valence-corrected chi connectivity index (χ0v) is 11.3. The van der Waals surface area contributed by atoms with Crippen LogP contribution >= 0.6 is 11.6 Å². The Bertz CT molecular complexity index is 668. The van der Waals surface area contributed by atoms with Crippen molar-refractivity contribution in [2.24, 2.45) is 0 Å². The van der Waals surface area contributed by atoms with Gasteiger partial charge in [-0.05, 0) is 12.1 Å². The molecule has 2 aromatic carbocycles. The van der Waals surface area contributed by atoms with Crippen molar-refractivity contribution >= 4 is 23.2 Å². The molecule has 3 nitrogen and oxygen atoms in total. The largest absolute Gasteiger partial charge is 0.494 e. The Morgan fingerprint density at radius 3 is 2.35 bits per heavy atom. The van der Waals surface area contributed by atoms with Crippen LogP contribution < -0.4 is 4.74 Å². The van der Waals surface area contributed by atoms with Crippen molar-refractivity contribution in [3.05, 3.63) is 64.4 Å². The summed E-state index contributed by atoms with van der Waals surface area (Å²) in [6, 6.07) is 9.97. The van der Waals surface area contributed by atoms with Gasteiger partial charge in [0.1, 0.15) is 11.6 Å². The number of carbonyl (C=O) groups excluding carboxylic acids is 2. The minimum absolute atomic E-state index is 0.0117. The predicted octanol–water partition coefficient (Wildman–Crippen LogP) is 3.55. The second-order valence-corrected chi connectivity index (χ2v) is 4.40. The second-order valence-electron chi connectivity index (χ2n) is 3.99. The van der Waals surface area contributed by atoms with Crippen molar-refractivity contribution in [1.29, 1.82) is 0 Å². The molecule has 0 aliphatic rings. The van der Waals surface area contributed by atoms with Gasteiger partial charge in [0.15, 0.2) is 0 Å². The fourth-order valence-corrected chi connectivity index (χ4v) is 2.06. The van der Waals surface area contributed by atoms with Crippen LogP contribution in [0.5, 0.6) is 5.75 Å². The number of benzene rings is 2. The van der Waals surface area contributed by atoms with Crippen molar-refractivity contribution in [1.82, 2.24) is 0 Å². The van der Waals surface area contributed by atoms with Crippen LogP contribution in [0.1, 0.15) is 20.7 Å². The van der Waals surface area contributed by atoms with Gasteiger partial charge in [-0.1, -0.05) is 41.9 Å². The summed E-state index contributed by atoms with van der Waals surface area (Å²) in [6.45, 7) is 0. The number of hydrogen-bond acceptors (Lipinski definition) is 3. The van der Waals surface area contributed by atoms with Crippen LogP contribution in [0.25, 0.3) is 0 Å². The summed E-state index contributed by atoms with van der Waals surface area (Å²) in [5.41, 5.74) is 0.0336. The highest BCUT2D eigenvalue weighted by Crippen LogP contribution is 2.30. The lowest BCUT2D eigenvalue weighted by Crippen LogP contribution is -2.16. The molecule has 0 saturated heterocycles. The van der Waals surface area contributed by atoms with Gasteiger partial charge in [-0.3, -0.25) is 9.59 Å². The van der Waals surface area contributed by atoms with Crippen LogP contribution in [0, 0.1) is 5.82 Å². The topological polar surface area (TPSA) is 43.4 Å². The molecule has 0 atom stereocenters. The monoisotopic (exact) mass is 292 g/mol. The minimum Gasteiger partial charge on any atom is -0.494 e. The summed E-state index contributed by atoms with van der Waals surface area (Å²) < 4.78 is 18.3. The van der Waals surface area contributed by atoms with Crippen LogP contribution in [-0.2, 0) is 0 Å². The van der Waals surface area contributed by atoms with Gasteiger partial charge in [-0.25, -0.2) is 4.39 Å². The first-order valence-corrected chi connectivity index (χ1v) is 6.09. The van der Waals surface area contributed by atoms with Gasteiger partial charge in [0, 0.05) is 5.56 Å². The Morgan fingerprint density at radius 1 is 1.10 bits per heavy atom. The maximum absolute atomic E-state index is 13.4. The lowest BCUT2D eigenvalue weighted by atomic mass is 10.0. The number of halogens is 2. The molecule has 0 spiro atoms. The fraction of sp³-hybridized carbons (Fsp3) is 0.0667. The highest BCUT2D eigenvalue weighted by molar-refractivity contribution is 6.50. The summed E-state index contributed by atoms with van der Waals surface area (Å²) in [5.74, 6) is -2.33. The number of rotatable bonds is 4. The third-order valence-corrected chi connectivity index (χ3v) is 2.98. The molecule has 0 bridgehead atoms. The Labute approximate surface area is 119 Å². The molecule has 0 fully saturated rings. The first-order valence-electron chi connectivity index (χ1n) is 5.71. The zero-order valence-electron chi connectivity index (χ0n) is 10.5. The summed E-state index contributed by atoms with van der Waals surface area (Å²) in [4.78, 5) is 24.2. The fourth-order valence-electron chi connectivity index (χ4n) is 1.78. The van der Waals surface area contributed by atoms with Crippen LogP contribution in [0.15, 0.2) is 42.5 Å². The molecule has 0 amide bonds. The summed E-state index contributed by atoms with van der Waals surface area (Å²) >= 11 is 5.80. The maximum Gasteiger partial charge on any atom is 0.237 e. The predicted molar refractivity (Wildman–Crippen MR) is 73.1 cm³/mol. The molecule has 2 rings (SSSR count). The normalized spacial score (nSPS) is 10.2. The van der Waals surface area contributed by atoms with Crippen molar-refractivity contribution < 1.29 is 18.7 Å². The molecule has 0 aliphatic heterocycles. The Hall–Kier alpha value is -2.20. The standard InChI is InChI=1S/C15H10ClFO3/c1-20-15-11(7-10(17)8-12(15)16)14(19)13(18)9-5-3-2-4-6-9/h2-8H,1H3. The molecular weight excluding hydrogens is 283 g/mol. The van der Waals surface area contributed by atoms with Crippen molar-refractivity contribution in [2.75, 3.05) is 7.11 Å². The number of ether oxygens (including phenoxy) is 1. The average molecular weight is 293 g/mol. The Morgan fingerprint density at radius 2 is 1.75 bits per heavy atom. The molecule has 0 aromatic heterocycles. The van der Waals surface area contributed by atoms with Crippen molar-refractivity contribution in [3.63, 3.8) is 0 Å². The molecule has 0 heterocycles. The van der Waals surface area contributed by atoms with E-state index in [1.165, 1.54) is 19.2 Å². The average Bonchev–Trinajstić information content (AvgIpc) is 2.46. The van der Waals surface area contributed by atoms with Gasteiger partial charge in [-0.15, -0.1) is 0 Å². The minimum atomic E-state index is -0.866. The van der Waals surface area contributed by atoms with Crippen LogP contribution in [0.2, 0.25) is 5.02 Å². The molecule has 5 heteroatoms. The first kappa shape index (κ1) is 14.2. The Balaban J connectivity index is 2.46. The van der Waals surface area contributed by atoms with Crippen LogP contribution in [0.4, 0.5) is 4.39 Å². The molecule has 102 valence electrons. The van der Waals surface area contributed by atoms with E-state index >= 15 is 0 Å². The number of ketones is 2. The van der Waals surface area contributed by atoms with Crippen LogP contribution in [0.3, 0.4) is 0 Å². The van der Waals surface area contributed by atoms with E-state index in [4.69, 9.17) is 16.3 Å². The van der Waals surface area contributed by atoms with Gasteiger partial charge in [-0.2, -0.15) is 0 Å². The Kier molecular flexibility index (Phi) is 4.15. The molecule has 20 heavy (non-hydrogen) atoms. The number of methoxy groups -OCH3 is 1. The van der Waals surface area contributed by atoms with Gasteiger partial charge in [0.05, 0.1) is 17.7 Å². The van der Waals surface area contributed by atoms with E-state index in [-0.39, 0.29) is 21.9 Å². The van der Waals surface area contributed by atoms with Gasteiger partial charge in [0.25, 0.3) is 0 Å². The smallest absolute Gasteiger partial charge is 0.237 e. The second kappa shape index (κ2) is 5.84. The van der Waals surface area contributed by atoms with E-state index in [9.17, 15) is 14.0 Å².